The van der Waals surface area contributed by atoms with E-state index in [1.54, 1.807) is 36.4 Å². The molecule has 2 aromatic rings. The first-order chi connectivity index (χ1) is 10.0. The van der Waals surface area contributed by atoms with Gasteiger partial charge in [-0.3, -0.25) is 0 Å². The summed E-state index contributed by atoms with van der Waals surface area (Å²) in [6.07, 6.45) is 1.30. The van der Waals surface area contributed by atoms with E-state index in [9.17, 15) is 13.6 Å². The van der Waals surface area contributed by atoms with Crippen LogP contribution in [0.4, 0.5) is 13.6 Å². The van der Waals surface area contributed by atoms with Crippen molar-refractivity contribution in [3.8, 4) is 11.3 Å². The van der Waals surface area contributed by atoms with Gasteiger partial charge in [-0.1, -0.05) is 23.9 Å². The Bertz CT molecular complexity index is 641. The zero-order valence-electron chi connectivity index (χ0n) is 10.6. The summed E-state index contributed by atoms with van der Waals surface area (Å²) >= 11 is 0.484. The molecule has 0 saturated heterocycles. The van der Waals surface area contributed by atoms with E-state index in [4.69, 9.17) is 10.2 Å². The maximum Gasteiger partial charge on any atom is 0.332 e. The number of amides is 2. The Morgan fingerprint density at radius 1 is 1.29 bits per heavy atom. The van der Waals surface area contributed by atoms with E-state index in [1.165, 1.54) is 6.21 Å². The molecule has 8 heteroatoms. The lowest BCUT2D eigenvalue weighted by atomic mass is 10.2. The minimum absolute atomic E-state index is 0.421. The van der Waals surface area contributed by atoms with E-state index >= 15 is 0 Å². The number of carbonyl (C=O) groups excluding carboxylic acids is 1. The van der Waals surface area contributed by atoms with Gasteiger partial charge < -0.3 is 10.2 Å². The molecule has 5 nitrogen and oxygen atoms in total. The number of hydrazone groups is 1. The number of carbonyl (C=O) groups is 1. The van der Waals surface area contributed by atoms with Crippen molar-refractivity contribution in [2.24, 2.45) is 10.8 Å². The number of thioether (sulfide) groups is 1. The summed E-state index contributed by atoms with van der Waals surface area (Å²) in [6, 6.07) is 9.15. The molecular formula is C13H11F2N3O2S. The third-order valence-electron chi connectivity index (χ3n) is 2.36. The second-order valence-corrected chi connectivity index (χ2v) is 4.90. The molecule has 0 aliphatic heterocycles. The maximum absolute atomic E-state index is 12.2. The molecule has 2 rings (SSSR count). The molecule has 3 N–H and O–H groups in total. The normalized spacial score (nSPS) is 11.2. The standard InChI is InChI=1S/C13H11F2N3O2S/c14-12(15)21-10-4-1-8(2-5-10)11-6-3-9(20-11)7-17-18-13(16)19/h1-7,12H,(H3,16,18,19)/b17-7+. The molecule has 0 aliphatic rings. The van der Waals surface area contributed by atoms with Crippen LogP contribution < -0.4 is 11.2 Å². The Morgan fingerprint density at radius 3 is 2.62 bits per heavy atom. The molecule has 0 unspecified atom stereocenters. The summed E-state index contributed by atoms with van der Waals surface area (Å²) in [5.41, 5.74) is 7.64. The number of primary amides is 1. The van der Waals surface area contributed by atoms with Gasteiger partial charge in [0.05, 0.1) is 6.21 Å². The van der Waals surface area contributed by atoms with Gasteiger partial charge in [0, 0.05) is 10.5 Å². The Hall–Kier alpha value is -2.35. The van der Waals surface area contributed by atoms with Crippen LogP contribution in [0.15, 0.2) is 50.8 Å². The highest BCUT2D eigenvalue weighted by atomic mass is 32.2. The minimum atomic E-state index is -2.44. The lowest BCUT2D eigenvalue weighted by molar-refractivity contribution is 0.249. The van der Waals surface area contributed by atoms with Gasteiger partial charge in [0.25, 0.3) is 5.76 Å². The van der Waals surface area contributed by atoms with Crippen molar-refractivity contribution in [2.45, 2.75) is 10.7 Å². The molecule has 1 heterocycles. The van der Waals surface area contributed by atoms with E-state index in [0.29, 0.717) is 28.2 Å². The summed E-state index contributed by atoms with van der Waals surface area (Å²) in [5.74, 6) is -1.46. The molecule has 1 aromatic heterocycles. The zero-order valence-corrected chi connectivity index (χ0v) is 11.4. The summed E-state index contributed by atoms with van der Waals surface area (Å²) in [6.45, 7) is 0. The molecule has 21 heavy (non-hydrogen) atoms. The molecule has 0 fully saturated rings. The second-order valence-electron chi connectivity index (χ2n) is 3.84. The van der Waals surface area contributed by atoms with Gasteiger partial charge in [0.2, 0.25) is 0 Å². The molecule has 0 bridgehead atoms. The number of nitrogens with one attached hydrogen (secondary N) is 1. The smallest absolute Gasteiger partial charge is 0.332 e. The number of nitrogens with two attached hydrogens (primary N) is 1. The van der Waals surface area contributed by atoms with Gasteiger partial charge in [-0.15, -0.1) is 0 Å². The fourth-order valence-electron chi connectivity index (χ4n) is 1.54. The Morgan fingerprint density at radius 2 is 2.00 bits per heavy atom. The van der Waals surface area contributed by atoms with Crippen LogP contribution in [0.2, 0.25) is 0 Å². The molecular weight excluding hydrogens is 300 g/mol. The number of urea groups is 1. The van der Waals surface area contributed by atoms with Crippen molar-refractivity contribution in [1.29, 1.82) is 0 Å². The summed E-state index contributed by atoms with van der Waals surface area (Å²) in [5, 5.41) is 3.56. The van der Waals surface area contributed by atoms with Gasteiger partial charge in [0.1, 0.15) is 11.5 Å². The third kappa shape index (κ3) is 4.60. The van der Waals surface area contributed by atoms with Crippen LogP contribution in [-0.2, 0) is 0 Å². The molecule has 2 amide bonds. The van der Waals surface area contributed by atoms with Crippen LogP contribution in [0.3, 0.4) is 0 Å². The number of furan rings is 1. The van der Waals surface area contributed by atoms with Crippen molar-refractivity contribution < 1.29 is 18.0 Å². The topological polar surface area (TPSA) is 80.6 Å². The first-order valence-electron chi connectivity index (χ1n) is 5.78. The van der Waals surface area contributed by atoms with E-state index in [1.807, 2.05) is 5.43 Å². The predicted molar refractivity (Wildman–Crippen MR) is 76.3 cm³/mol. The van der Waals surface area contributed by atoms with Crippen molar-refractivity contribution in [1.82, 2.24) is 5.43 Å². The van der Waals surface area contributed by atoms with Crippen molar-refractivity contribution in [2.75, 3.05) is 0 Å². The molecule has 0 radical (unpaired) electrons. The van der Waals surface area contributed by atoms with Crippen LogP contribution in [-0.4, -0.2) is 18.0 Å². The molecule has 0 atom stereocenters. The summed E-state index contributed by atoms with van der Waals surface area (Å²) < 4.78 is 29.9. The van der Waals surface area contributed by atoms with Gasteiger partial charge >= 0.3 is 6.03 Å². The highest BCUT2D eigenvalue weighted by Crippen LogP contribution is 2.28. The maximum atomic E-state index is 12.2. The number of nitrogens with zero attached hydrogens (tertiary/aromatic N) is 1. The molecule has 0 saturated carbocycles. The van der Waals surface area contributed by atoms with Gasteiger partial charge in [-0.25, -0.2) is 10.2 Å². The Labute approximate surface area is 123 Å². The predicted octanol–water partition coefficient (Wildman–Crippen LogP) is 3.26. The summed E-state index contributed by atoms with van der Waals surface area (Å²) in [4.78, 5) is 10.9. The van der Waals surface area contributed by atoms with Crippen molar-refractivity contribution in [3.05, 3.63) is 42.2 Å². The van der Waals surface area contributed by atoms with Crippen molar-refractivity contribution in [3.63, 3.8) is 0 Å². The Kier molecular flexibility index (Phi) is 4.94. The van der Waals surface area contributed by atoms with Crippen LogP contribution >= 0.6 is 11.8 Å². The van der Waals surface area contributed by atoms with E-state index in [0.717, 1.165) is 5.56 Å². The highest BCUT2D eigenvalue weighted by molar-refractivity contribution is 7.99. The largest absolute Gasteiger partial charge is 0.455 e. The fraction of sp³-hybridized carbons (Fsp3) is 0.0769. The zero-order chi connectivity index (χ0) is 15.2. The van der Waals surface area contributed by atoms with E-state index in [2.05, 4.69) is 5.10 Å². The lowest BCUT2D eigenvalue weighted by Crippen LogP contribution is -2.24. The number of rotatable bonds is 5. The van der Waals surface area contributed by atoms with Crippen LogP contribution in [0.1, 0.15) is 5.76 Å². The molecule has 1 aromatic carbocycles. The molecule has 0 aliphatic carbocycles. The van der Waals surface area contributed by atoms with Gasteiger partial charge in [0.15, 0.2) is 0 Å². The van der Waals surface area contributed by atoms with Crippen LogP contribution in [0.5, 0.6) is 0 Å². The van der Waals surface area contributed by atoms with Crippen molar-refractivity contribution >= 4 is 24.0 Å². The van der Waals surface area contributed by atoms with E-state index < -0.39 is 11.8 Å². The first kappa shape index (κ1) is 15.0. The Balaban J connectivity index is 2.07. The monoisotopic (exact) mass is 311 g/mol. The van der Waals surface area contributed by atoms with Gasteiger partial charge in [-0.05, 0) is 24.3 Å². The molecule has 110 valence electrons. The number of hydrogen-bond donors (Lipinski definition) is 2. The average molecular weight is 311 g/mol. The van der Waals surface area contributed by atoms with Gasteiger partial charge in [-0.2, -0.15) is 13.9 Å². The van der Waals surface area contributed by atoms with Crippen LogP contribution in [0.25, 0.3) is 11.3 Å². The number of alkyl halides is 2. The third-order valence-corrected chi connectivity index (χ3v) is 3.08. The minimum Gasteiger partial charge on any atom is -0.455 e. The second kappa shape index (κ2) is 6.89. The first-order valence-corrected chi connectivity index (χ1v) is 6.66. The fourth-order valence-corrected chi connectivity index (χ4v) is 2.04. The number of benzene rings is 1. The lowest BCUT2D eigenvalue weighted by Gasteiger charge is -2.01. The number of hydrogen-bond acceptors (Lipinski definition) is 4. The van der Waals surface area contributed by atoms with E-state index in [-0.39, 0.29) is 0 Å². The molecule has 0 spiro atoms. The van der Waals surface area contributed by atoms with Crippen LogP contribution in [0, 0.1) is 0 Å². The quantitative estimate of drug-likeness (QED) is 0.505. The highest BCUT2D eigenvalue weighted by Gasteiger charge is 2.07. The SMILES string of the molecule is NC(=O)N/N=C/c1ccc(-c2ccc(SC(F)F)cc2)o1. The average Bonchev–Trinajstić information content (AvgIpc) is 2.87. The number of halogens is 2. The summed E-state index contributed by atoms with van der Waals surface area (Å²) in [7, 11) is 0.